The Morgan fingerprint density at radius 2 is 2.30 bits per heavy atom. The number of aryl methyl sites for hydroxylation is 1. The van der Waals surface area contributed by atoms with Crippen molar-refractivity contribution in [2.24, 2.45) is 12.9 Å². The maximum Gasteiger partial charge on any atom is 0.252 e. The van der Waals surface area contributed by atoms with E-state index in [1.807, 2.05) is 17.8 Å². The number of nitrogens with zero attached hydrogens (tertiary/aromatic N) is 3. The van der Waals surface area contributed by atoms with Crippen LogP contribution >= 0.6 is 11.6 Å². The Labute approximate surface area is 121 Å². The van der Waals surface area contributed by atoms with Gasteiger partial charge in [-0.3, -0.25) is 4.79 Å². The fraction of sp³-hybridized carbons (Fsp3) is 0.250. The van der Waals surface area contributed by atoms with Crippen molar-refractivity contribution in [1.82, 2.24) is 19.9 Å². The van der Waals surface area contributed by atoms with Crippen LogP contribution in [0, 0.1) is 0 Å². The largest absolute Gasteiger partial charge is 0.352 e. The van der Waals surface area contributed by atoms with Gasteiger partial charge in [0.15, 0.2) is 5.82 Å². The van der Waals surface area contributed by atoms with Gasteiger partial charge in [-0.1, -0.05) is 11.6 Å². The summed E-state index contributed by atoms with van der Waals surface area (Å²) >= 11 is 5.91. The lowest BCUT2D eigenvalue weighted by molar-refractivity contribution is 0.0953. The zero-order valence-electron chi connectivity index (χ0n) is 10.9. The number of hydrazine groups is 1. The molecule has 8 heteroatoms. The fourth-order valence-electron chi connectivity index (χ4n) is 1.70. The monoisotopic (exact) mass is 294 g/mol. The highest BCUT2D eigenvalue weighted by molar-refractivity contribution is 6.33. The van der Waals surface area contributed by atoms with E-state index in [0.717, 1.165) is 5.82 Å². The lowest BCUT2D eigenvalue weighted by Crippen LogP contribution is -2.26. The normalized spacial score (nSPS) is 10.3. The SMILES string of the molecule is Cn1ccnc1CCNC(=O)c1cnc(NN)c(Cl)c1. The summed E-state index contributed by atoms with van der Waals surface area (Å²) in [6.07, 6.45) is 5.65. The summed E-state index contributed by atoms with van der Waals surface area (Å²) in [6.45, 7) is 0.484. The summed E-state index contributed by atoms with van der Waals surface area (Å²) in [5.74, 6) is 6.22. The third kappa shape index (κ3) is 3.25. The molecule has 0 saturated carbocycles. The van der Waals surface area contributed by atoms with Crippen LogP contribution in [0.3, 0.4) is 0 Å². The van der Waals surface area contributed by atoms with Gasteiger partial charge >= 0.3 is 0 Å². The summed E-state index contributed by atoms with van der Waals surface area (Å²) < 4.78 is 1.91. The van der Waals surface area contributed by atoms with E-state index in [0.29, 0.717) is 29.4 Å². The third-order valence-corrected chi connectivity index (χ3v) is 3.08. The van der Waals surface area contributed by atoms with Gasteiger partial charge in [0, 0.05) is 38.6 Å². The third-order valence-electron chi connectivity index (χ3n) is 2.80. The van der Waals surface area contributed by atoms with Crippen molar-refractivity contribution in [3.8, 4) is 0 Å². The lowest BCUT2D eigenvalue weighted by Gasteiger charge is -2.07. The first kappa shape index (κ1) is 14.3. The molecular formula is C12H15ClN6O. The van der Waals surface area contributed by atoms with Crippen molar-refractivity contribution >= 4 is 23.3 Å². The molecule has 0 radical (unpaired) electrons. The Morgan fingerprint density at radius 3 is 2.90 bits per heavy atom. The number of nitrogens with two attached hydrogens (primary N) is 1. The molecule has 2 rings (SSSR count). The summed E-state index contributed by atoms with van der Waals surface area (Å²) in [6, 6.07) is 1.51. The maximum atomic E-state index is 11.9. The number of nitrogens with one attached hydrogen (secondary N) is 2. The van der Waals surface area contributed by atoms with Gasteiger partial charge in [-0.05, 0) is 6.07 Å². The molecular weight excluding hydrogens is 280 g/mol. The van der Waals surface area contributed by atoms with Crippen LogP contribution in [0.5, 0.6) is 0 Å². The van der Waals surface area contributed by atoms with Crippen LogP contribution in [0.25, 0.3) is 0 Å². The Hall–Kier alpha value is -2.12. The number of amides is 1. The molecule has 0 bridgehead atoms. The molecule has 2 heterocycles. The highest BCUT2D eigenvalue weighted by atomic mass is 35.5. The Bertz CT molecular complexity index is 612. The van der Waals surface area contributed by atoms with Crippen molar-refractivity contribution < 1.29 is 4.79 Å². The number of anilines is 1. The van der Waals surface area contributed by atoms with Crippen LogP contribution in [-0.4, -0.2) is 27.0 Å². The summed E-state index contributed by atoms with van der Waals surface area (Å²) in [4.78, 5) is 20.0. The van der Waals surface area contributed by atoms with Gasteiger partial charge in [-0.15, -0.1) is 0 Å². The number of hydrogen-bond acceptors (Lipinski definition) is 5. The molecule has 0 aliphatic carbocycles. The highest BCUT2D eigenvalue weighted by Crippen LogP contribution is 2.18. The predicted molar refractivity (Wildman–Crippen MR) is 76.3 cm³/mol. The van der Waals surface area contributed by atoms with Crippen LogP contribution in [0.15, 0.2) is 24.7 Å². The van der Waals surface area contributed by atoms with E-state index in [-0.39, 0.29) is 5.91 Å². The topological polar surface area (TPSA) is 97.9 Å². The molecule has 0 spiro atoms. The molecule has 20 heavy (non-hydrogen) atoms. The van der Waals surface area contributed by atoms with E-state index in [1.165, 1.54) is 12.3 Å². The zero-order valence-corrected chi connectivity index (χ0v) is 11.7. The molecule has 0 unspecified atom stereocenters. The number of carbonyl (C=O) groups excluding carboxylic acids is 1. The van der Waals surface area contributed by atoms with Crippen LogP contribution < -0.4 is 16.6 Å². The predicted octanol–water partition coefficient (Wildman–Crippen LogP) is 0.727. The number of aromatic nitrogens is 3. The average molecular weight is 295 g/mol. The standard InChI is InChI=1S/C12H15ClN6O/c1-19-5-4-15-10(19)2-3-16-12(20)8-6-9(13)11(18-14)17-7-8/h4-7H,2-3,14H2,1H3,(H,16,20)(H,17,18). The Morgan fingerprint density at radius 1 is 1.50 bits per heavy atom. The minimum atomic E-state index is -0.239. The van der Waals surface area contributed by atoms with Crippen molar-refractivity contribution in [1.29, 1.82) is 0 Å². The van der Waals surface area contributed by atoms with Crippen LogP contribution in [0.1, 0.15) is 16.2 Å². The van der Waals surface area contributed by atoms with Gasteiger partial charge in [0.1, 0.15) is 5.82 Å². The van der Waals surface area contributed by atoms with Gasteiger partial charge in [0.05, 0.1) is 10.6 Å². The summed E-state index contributed by atoms with van der Waals surface area (Å²) in [7, 11) is 1.91. The molecule has 2 aromatic heterocycles. The highest BCUT2D eigenvalue weighted by Gasteiger charge is 2.09. The van der Waals surface area contributed by atoms with E-state index in [4.69, 9.17) is 17.4 Å². The number of nitrogen functional groups attached to an aromatic ring is 1. The number of halogens is 1. The number of hydrogen-bond donors (Lipinski definition) is 3. The molecule has 0 aliphatic rings. The van der Waals surface area contributed by atoms with E-state index in [9.17, 15) is 4.79 Å². The zero-order chi connectivity index (χ0) is 14.5. The maximum absolute atomic E-state index is 11.9. The molecule has 7 nitrogen and oxygen atoms in total. The van der Waals surface area contributed by atoms with Crippen molar-refractivity contribution in [3.05, 3.63) is 41.1 Å². The molecule has 4 N–H and O–H groups in total. The molecule has 0 aliphatic heterocycles. The second kappa shape index (κ2) is 6.36. The molecule has 0 fully saturated rings. The van der Waals surface area contributed by atoms with Crippen LogP contribution in [-0.2, 0) is 13.5 Å². The fourth-order valence-corrected chi connectivity index (χ4v) is 1.92. The van der Waals surface area contributed by atoms with E-state index in [2.05, 4.69) is 20.7 Å². The van der Waals surface area contributed by atoms with E-state index < -0.39 is 0 Å². The van der Waals surface area contributed by atoms with Gasteiger partial charge in [0.25, 0.3) is 5.91 Å². The minimum absolute atomic E-state index is 0.239. The van der Waals surface area contributed by atoms with Gasteiger partial charge in [0.2, 0.25) is 0 Å². The quantitative estimate of drug-likeness (QED) is 0.558. The molecule has 0 aromatic carbocycles. The first-order chi connectivity index (χ1) is 9.61. The average Bonchev–Trinajstić information content (AvgIpc) is 2.84. The van der Waals surface area contributed by atoms with Crippen LogP contribution in [0.4, 0.5) is 5.82 Å². The first-order valence-electron chi connectivity index (χ1n) is 5.98. The van der Waals surface area contributed by atoms with E-state index in [1.54, 1.807) is 6.20 Å². The minimum Gasteiger partial charge on any atom is -0.352 e. The molecule has 2 aromatic rings. The molecule has 106 valence electrons. The van der Waals surface area contributed by atoms with Crippen LogP contribution in [0.2, 0.25) is 5.02 Å². The number of rotatable bonds is 5. The van der Waals surface area contributed by atoms with Gasteiger partial charge in [-0.25, -0.2) is 15.8 Å². The second-order valence-corrected chi connectivity index (χ2v) is 4.57. The molecule has 1 amide bonds. The van der Waals surface area contributed by atoms with Gasteiger partial charge < -0.3 is 15.3 Å². The van der Waals surface area contributed by atoms with E-state index >= 15 is 0 Å². The summed E-state index contributed by atoms with van der Waals surface area (Å²) in [5.41, 5.74) is 2.73. The second-order valence-electron chi connectivity index (χ2n) is 4.16. The number of carbonyl (C=O) groups is 1. The van der Waals surface area contributed by atoms with Crippen molar-refractivity contribution in [3.63, 3.8) is 0 Å². The lowest BCUT2D eigenvalue weighted by atomic mass is 10.2. The Kier molecular flexibility index (Phi) is 4.54. The molecule has 0 atom stereocenters. The van der Waals surface area contributed by atoms with Gasteiger partial charge in [-0.2, -0.15) is 0 Å². The Balaban J connectivity index is 1.92. The first-order valence-corrected chi connectivity index (χ1v) is 6.36. The van der Waals surface area contributed by atoms with Crippen molar-refractivity contribution in [2.45, 2.75) is 6.42 Å². The number of pyridine rings is 1. The smallest absolute Gasteiger partial charge is 0.252 e. The number of imidazole rings is 1. The van der Waals surface area contributed by atoms with Crippen molar-refractivity contribution in [2.75, 3.05) is 12.0 Å². The molecule has 0 saturated heterocycles. The summed E-state index contributed by atoms with van der Waals surface area (Å²) in [5, 5.41) is 3.08.